The van der Waals surface area contributed by atoms with Crippen LogP contribution in [0.25, 0.3) is 4.91 Å². The SMILES string of the molecule is C=C(c1ccccc1)S(=O)(=O)Cl. The molecular formula is C8H7ClO2S. The molecule has 0 unspecified atom stereocenters. The maximum Gasteiger partial charge on any atom is 0.261 e. The molecule has 4 heteroatoms. The average Bonchev–Trinajstić information content (AvgIpc) is 2.03. The van der Waals surface area contributed by atoms with Crippen LogP contribution in [0.15, 0.2) is 36.9 Å². The quantitative estimate of drug-likeness (QED) is 0.690. The fourth-order valence-electron chi connectivity index (χ4n) is 0.765. The van der Waals surface area contributed by atoms with Crippen LogP contribution < -0.4 is 0 Å². The van der Waals surface area contributed by atoms with Gasteiger partial charge >= 0.3 is 0 Å². The number of hydrogen-bond donors (Lipinski definition) is 0. The second kappa shape index (κ2) is 3.29. The summed E-state index contributed by atoms with van der Waals surface area (Å²) in [6, 6.07) is 8.52. The molecule has 0 heterocycles. The van der Waals surface area contributed by atoms with E-state index >= 15 is 0 Å². The minimum Gasteiger partial charge on any atom is -0.207 e. The first-order valence-electron chi connectivity index (χ1n) is 3.21. The number of rotatable bonds is 2. The number of halogens is 1. The van der Waals surface area contributed by atoms with Gasteiger partial charge in [-0.25, -0.2) is 8.42 Å². The van der Waals surface area contributed by atoms with E-state index in [0.29, 0.717) is 5.56 Å². The van der Waals surface area contributed by atoms with Gasteiger partial charge in [-0.3, -0.25) is 0 Å². The van der Waals surface area contributed by atoms with Crippen molar-refractivity contribution < 1.29 is 8.42 Å². The van der Waals surface area contributed by atoms with Gasteiger partial charge < -0.3 is 0 Å². The average molecular weight is 203 g/mol. The van der Waals surface area contributed by atoms with Gasteiger partial charge in [0.1, 0.15) is 0 Å². The molecule has 0 aromatic heterocycles. The maximum atomic E-state index is 10.8. The van der Waals surface area contributed by atoms with Crippen LogP contribution in [0.3, 0.4) is 0 Å². The Bertz CT molecular complexity index is 381. The van der Waals surface area contributed by atoms with Crippen molar-refractivity contribution in [2.75, 3.05) is 0 Å². The smallest absolute Gasteiger partial charge is 0.207 e. The maximum absolute atomic E-state index is 10.8. The van der Waals surface area contributed by atoms with E-state index in [0.717, 1.165) is 0 Å². The molecule has 0 spiro atoms. The molecule has 0 fully saturated rings. The Morgan fingerprint density at radius 2 is 1.75 bits per heavy atom. The Morgan fingerprint density at radius 1 is 1.25 bits per heavy atom. The highest BCUT2D eigenvalue weighted by atomic mass is 35.7. The fraction of sp³-hybridized carbons (Fsp3) is 0. The molecule has 0 aliphatic carbocycles. The van der Waals surface area contributed by atoms with Crippen LogP contribution in [-0.2, 0) is 9.05 Å². The molecule has 0 aliphatic rings. The van der Waals surface area contributed by atoms with E-state index in [1.54, 1.807) is 30.3 Å². The van der Waals surface area contributed by atoms with Gasteiger partial charge in [0.05, 0.1) is 4.91 Å². The monoisotopic (exact) mass is 202 g/mol. The van der Waals surface area contributed by atoms with Gasteiger partial charge in [0.25, 0.3) is 9.05 Å². The molecule has 0 radical (unpaired) electrons. The van der Waals surface area contributed by atoms with Crippen LogP contribution in [0.5, 0.6) is 0 Å². The van der Waals surface area contributed by atoms with Gasteiger partial charge in [0.2, 0.25) is 0 Å². The lowest BCUT2D eigenvalue weighted by Gasteiger charge is -1.99. The summed E-state index contributed by atoms with van der Waals surface area (Å²) in [6.45, 7) is 3.38. The van der Waals surface area contributed by atoms with Crippen molar-refractivity contribution in [3.8, 4) is 0 Å². The molecule has 1 aromatic rings. The van der Waals surface area contributed by atoms with Crippen molar-refractivity contribution in [3.05, 3.63) is 42.5 Å². The first-order chi connectivity index (χ1) is 5.52. The van der Waals surface area contributed by atoms with Crippen molar-refractivity contribution in [2.45, 2.75) is 0 Å². The molecule has 64 valence electrons. The molecule has 0 N–H and O–H groups in total. The summed E-state index contributed by atoms with van der Waals surface area (Å²) in [5, 5.41) is 0. The molecule has 0 bridgehead atoms. The van der Waals surface area contributed by atoms with Gasteiger partial charge in [0.15, 0.2) is 0 Å². The summed E-state index contributed by atoms with van der Waals surface area (Å²) in [4.78, 5) is -0.0650. The standard InChI is InChI=1S/C8H7ClO2S/c1-7(12(9,10)11)8-5-3-2-4-6-8/h2-6H,1H2. The summed E-state index contributed by atoms with van der Waals surface area (Å²) in [7, 11) is 1.41. The van der Waals surface area contributed by atoms with Crippen molar-refractivity contribution in [1.29, 1.82) is 0 Å². The Morgan fingerprint density at radius 3 is 2.17 bits per heavy atom. The Balaban J connectivity index is 3.11. The first kappa shape index (κ1) is 9.29. The van der Waals surface area contributed by atoms with E-state index in [9.17, 15) is 8.42 Å². The zero-order valence-corrected chi connectivity index (χ0v) is 7.77. The molecule has 0 saturated heterocycles. The highest BCUT2D eigenvalue weighted by Crippen LogP contribution is 2.21. The molecule has 12 heavy (non-hydrogen) atoms. The zero-order valence-electron chi connectivity index (χ0n) is 6.20. The van der Waals surface area contributed by atoms with Gasteiger partial charge in [-0.05, 0) is 5.56 Å². The largest absolute Gasteiger partial charge is 0.261 e. The summed E-state index contributed by atoms with van der Waals surface area (Å²) in [6.07, 6.45) is 0. The summed E-state index contributed by atoms with van der Waals surface area (Å²) in [5.41, 5.74) is 0.521. The second-order valence-corrected chi connectivity index (χ2v) is 4.81. The van der Waals surface area contributed by atoms with Crippen LogP contribution in [-0.4, -0.2) is 8.42 Å². The Labute approximate surface area is 75.9 Å². The molecule has 2 nitrogen and oxygen atoms in total. The lowest BCUT2D eigenvalue weighted by Crippen LogP contribution is -1.91. The van der Waals surface area contributed by atoms with Crippen LogP contribution >= 0.6 is 10.7 Å². The van der Waals surface area contributed by atoms with Gasteiger partial charge in [-0.1, -0.05) is 36.9 Å². The highest BCUT2D eigenvalue weighted by Gasteiger charge is 2.12. The van der Waals surface area contributed by atoms with Crippen LogP contribution in [0.1, 0.15) is 5.56 Å². The fourth-order valence-corrected chi connectivity index (χ4v) is 1.45. The summed E-state index contributed by atoms with van der Waals surface area (Å²) in [5.74, 6) is 0. The predicted octanol–water partition coefficient (Wildman–Crippen LogP) is 2.23. The molecular weight excluding hydrogens is 196 g/mol. The van der Waals surface area contributed by atoms with E-state index in [1.165, 1.54) is 0 Å². The van der Waals surface area contributed by atoms with E-state index < -0.39 is 9.05 Å². The van der Waals surface area contributed by atoms with Gasteiger partial charge in [-0.2, -0.15) is 0 Å². The summed E-state index contributed by atoms with van der Waals surface area (Å²) < 4.78 is 21.6. The Kier molecular flexibility index (Phi) is 2.55. The molecule has 0 amide bonds. The van der Waals surface area contributed by atoms with Crippen molar-refractivity contribution >= 4 is 24.6 Å². The van der Waals surface area contributed by atoms with Gasteiger partial charge in [-0.15, -0.1) is 0 Å². The third kappa shape index (κ3) is 2.09. The minimum absolute atomic E-state index is 0.0650. The van der Waals surface area contributed by atoms with E-state index in [1.807, 2.05) is 0 Å². The molecule has 1 aromatic carbocycles. The first-order valence-corrected chi connectivity index (χ1v) is 5.52. The van der Waals surface area contributed by atoms with Gasteiger partial charge in [0, 0.05) is 10.7 Å². The van der Waals surface area contributed by atoms with Crippen molar-refractivity contribution in [1.82, 2.24) is 0 Å². The molecule has 1 rings (SSSR count). The third-order valence-electron chi connectivity index (χ3n) is 1.39. The summed E-state index contributed by atoms with van der Waals surface area (Å²) >= 11 is 0. The Hall–Kier alpha value is -0.800. The zero-order chi connectivity index (χ0) is 9.19. The molecule has 0 aliphatic heterocycles. The predicted molar refractivity (Wildman–Crippen MR) is 50.2 cm³/mol. The van der Waals surface area contributed by atoms with E-state index in [4.69, 9.17) is 10.7 Å². The lowest BCUT2D eigenvalue weighted by atomic mass is 10.2. The highest BCUT2D eigenvalue weighted by molar-refractivity contribution is 8.21. The van der Waals surface area contributed by atoms with E-state index in [2.05, 4.69) is 6.58 Å². The van der Waals surface area contributed by atoms with Crippen molar-refractivity contribution in [3.63, 3.8) is 0 Å². The van der Waals surface area contributed by atoms with E-state index in [-0.39, 0.29) is 4.91 Å². The normalized spacial score (nSPS) is 11.1. The lowest BCUT2D eigenvalue weighted by molar-refractivity contribution is 0.618. The van der Waals surface area contributed by atoms with Crippen LogP contribution in [0, 0.1) is 0 Å². The number of benzene rings is 1. The molecule has 0 saturated carbocycles. The second-order valence-electron chi connectivity index (χ2n) is 2.23. The topological polar surface area (TPSA) is 34.1 Å². The van der Waals surface area contributed by atoms with Crippen molar-refractivity contribution in [2.24, 2.45) is 0 Å². The minimum atomic E-state index is -3.68. The molecule has 0 atom stereocenters. The van der Waals surface area contributed by atoms with Crippen LogP contribution in [0.4, 0.5) is 0 Å². The third-order valence-corrected chi connectivity index (χ3v) is 2.77. The number of hydrogen-bond acceptors (Lipinski definition) is 2. The van der Waals surface area contributed by atoms with Crippen LogP contribution in [0.2, 0.25) is 0 Å².